The molecule has 0 bridgehead atoms. The molecule has 0 spiro atoms. The van der Waals surface area contributed by atoms with Crippen molar-refractivity contribution in [3.63, 3.8) is 0 Å². The van der Waals surface area contributed by atoms with Gasteiger partial charge in [-0.05, 0) is 58.7 Å². The molecule has 0 radical (unpaired) electrons. The predicted molar refractivity (Wildman–Crippen MR) is 112 cm³/mol. The predicted octanol–water partition coefficient (Wildman–Crippen LogP) is 5.08. The van der Waals surface area contributed by atoms with Crippen LogP contribution in [-0.2, 0) is 11.2 Å². The summed E-state index contributed by atoms with van der Waals surface area (Å²) in [6, 6.07) is 11.5. The van der Waals surface area contributed by atoms with E-state index in [1.165, 1.54) is 11.3 Å². The van der Waals surface area contributed by atoms with Crippen LogP contribution in [0.3, 0.4) is 0 Å². The van der Waals surface area contributed by atoms with Crippen LogP contribution in [0.1, 0.15) is 11.3 Å². The molecule has 0 saturated heterocycles. The van der Waals surface area contributed by atoms with Gasteiger partial charge in [-0.2, -0.15) is 0 Å². The molecule has 1 amide bonds. The Labute approximate surface area is 170 Å². The highest BCUT2D eigenvalue weighted by molar-refractivity contribution is 9.10. The first-order valence-electron chi connectivity index (χ1n) is 8.23. The Balaban J connectivity index is 1.71. The fourth-order valence-electron chi connectivity index (χ4n) is 2.57. The van der Waals surface area contributed by atoms with E-state index >= 15 is 0 Å². The first-order valence-corrected chi connectivity index (χ1v) is 9.90. The number of carbonyl (C=O) groups excluding carboxylic acids is 1. The Bertz CT molecular complexity index is 972. The number of hydrogen-bond donors (Lipinski definition) is 1. The molecule has 1 N–H and O–H groups in total. The molecule has 0 aliphatic carbocycles. The number of halogens is 1. The molecule has 3 rings (SSSR count). The third-order valence-corrected chi connectivity index (χ3v) is 5.52. The highest BCUT2D eigenvalue weighted by atomic mass is 79.9. The van der Waals surface area contributed by atoms with Crippen molar-refractivity contribution >= 4 is 38.9 Å². The maximum atomic E-state index is 12.3. The normalized spacial score (nSPS) is 10.5. The summed E-state index contributed by atoms with van der Waals surface area (Å²) < 4.78 is 11.5. The van der Waals surface area contributed by atoms with Gasteiger partial charge in [0.1, 0.15) is 5.01 Å². The number of aromatic nitrogens is 1. The van der Waals surface area contributed by atoms with Crippen molar-refractivity contribution in [2.45, 2.75) is 13.3 Å². The first kappa shape index (κ1) is 19.4. The van der Waals surface area contributed by atoms with Crippen LogP contribution in [0.25, 0.3) is 10.6 Å². The topological polar surface area (TPSA) is 60.5 Å². The zero-order valence-corrected chi connectivity index (χ0v) is 17.6. The molecule has 7 heteroatoms. The third-order valence-electron chi connectivity index (χ3n) is 3.92. The van der Waals surface area contributed by atoms with E-state index in [1.807, 2.05) is 48.7 Å². The summed E-state index contributed by atoms with van der Waals surface area (Å²) in [5.74, 6) is 1.21. The highest BCUT2D eigenvalue weighted by Crippen LogP contribution is 2.33. The van der Waals surface area contributed by atoms with E-state index in [0.29, 0.717) is 11.5 Å². The van der Waals surface area contributed by atoms with Crippen molar-refractivity contribution in [1.82, 2.24) is 4.98 Å². The summed E-state index contributed by atoms with van der Waals surface area (Å²) in [7, 11) is 3.20. The van der Waals surface area contributed by atoms with Gasteiger partial charge < -0.3 is 14.8 Å². The maximum absolute atomic E-state index is 12.3. The lowest BCUT2D eigenvalue weighted by Crippen LogP contribution is -2.15. The number of benzene rings is 2. The number of hydrogen-bond acceptors (Lipinski definition) is 5. The summed E-state index contributed by atoms with van der Waals surface area (Å²) >= 11 is 4.96. The fraction of sp³-hybridized carbons (Fsp3) is 0.200. The number of aryl methyl sites for hydroxylation is 1. The number of rotatable bonds is 6. The molecule has 5 nitrogen and oxygen atoms in total. The largest absolute Gasteiger partial charge is 0.493 e. The summed E-state index contributed by atoms with van der Waals surface area (Å²) in [4.78, 5) is 16.9. The molecule has 140 valence electrons. The van der Waals surface area contributed by atoms with E-state index < -0.39 is 0 Å². The summed E-state index contributed by atoms with van der Waals surface area (Å²) in [6.45, 7) is 2.00. The number of methoxy groups -OCH3 is 2. The lowest BCUT2D eigenvalue weighted by Gasteiger charge is -2.08. The van der Waals surface area contributed by atoms with Gasteiger partial charge in [-0.25, -0.2) is 4.98 Å². The lowest BCUT2D eigenvalue weighted by atomic mass is 10.2. The summed E-state index contributed by atoms with van der Waals surface area (Å²) in [5, 5.41) is 5.64. The van der Waals surface area contributed by atoms with Crippen molar-refractivity contribution in [1.29, 1.82) is 0 Å². The molecular weight excluding hydrogens is 428 g/mol. The smallest absolute Gasteiger partial charge is 0.230 e. The minimum Gasteiger partial charge on any atom is -0.493 e. The van der Waals surface area contributed by atoms with Gasteiger partial charge in [0.15, 0.2) is 11.5 Å². The Kier molecular flexibility index (Phi) is 6.13. The number of anilines is 1. The number of carbonyl (C=O) groups is 1. The van der Waals surface area contributed by atoms with E-state index in [1.54, 1.807) is 14.2 Å². The first-order chi connectivity index (χ1) is 13.0. The molecule has 3 aromatic rings. The number of amides is 1. The summed E-state index contributed by atoms with van der Waals surface area (Å²) in [5.41, 5.74) is 3.52. The van der Waals surface area contributed by atoms with Gasteiger partial charge >= 0.3 is 0 Å². The maximum Gasteiger partial charge on any atom is 0.230 e. The Morgan fingerprint density at radius 3 is 2.63 bits per heavy atom. The quantitative estimate of drug-likeness (QED) is 0.573. The molecule has 27 heavy (non-hydrogen) atoms. The van der Waals surface area contributed by atoms with E-state index in [4.69, 9.17) is 9.47 Å². The molecule has 0 atom stereocenters. The van der Waals surface area contributed by atoms with E-state index in [9.17, 15) is 4.79 Å². The zero-order valence-electron chi connectivity index (χ0n) is 15.2. The van der Waals surface area contributed by atoms with Crippen LogP contribution in [0.15, 0.2) is 46.3 Å². The van der Waals surface area contributed by atoms with Gasteiger partial charge in [0.2, 0.25) is 5.91 Å². The van der Waals surface area contributed by atoms with Crippen LogP contribution in [-0.4, -0.2) is 25.1 Å². The van der Waals surface area contributed by atoms with E-state index in [-0.39, 0.29) is 12.3 Å². The Morgan fingerprint density at radius 1 is 1.15 bits per heavy atom. The Hall–Kier alpha value is -2.38. The minimum absolute atomic E-state index is 0.108. The number of ether oxygens (including phenoxy) is 2. The van der Waals surface area contributed by atoms with Crippen LogP contribution in [0.4, 0.5) is 5.69 Å². The molecule has 0 fully saturated rings. The van der Waals surface area contributed by atoms with Gasteiger partial charge in [0, 0.05) is 15.4 Å². The highest BCUT2D eigenvalue weighted by Gasteiger charge is 2.12. The van der Waals surface area contributed by atoms with Gasteiger partial charge in [-0.3, -0.25) is 4.79 Å². The molecule has 0 aliphatic rings. The van der Waals surface area contributed by atoms with Crippen molar-refractivity contribution in [2.24, 2.45) is 0 Å². The van der Waals surface area contributed by atoms with Gasteiger partial charge in [-0.15, -0.1) is 11.3 Å². The fourth-order valence-corrected chi connectivity index (χ4v) is 3.98. The van der Waals surface area contributed by atoms with Crippen molar-refractivity contribution in [2.75, 3.05) is 19.5 Å². The lowest BCUT2D eigenvalue weighted by molar-refractivity contribution is -0.115. The van der Waals surface area contributed by atoms with Crippen molar-refractivity contribution in [3.05, 3.63) is 57.5 Å². The molecular formula is C20H19BrN2O3S. The van der Waals surface area contributed by atoms with Gasteiger partial charge in [-0.1, -0.05) is 6.07 Å². The number of nitrogens with one attached hydrogen (secondary N) is 1. The number of nitrogens with zero attached hydrogens (tertiary/aromatic N) is 1. The average molecular weight is 447 g/mol. The third kappa shape index (κ3) is 4.67. The second-order valence-corrected chi connectivity index (χ2v) is 7.63. The van der Waals surface area contributed by atoms with Crippen molar-refractivity contribution < 1.29 is 14.3 Å². The van der Waals surface area contributed by atoms with Gasteiger partial charge in [0.25, 0.3) is 0 Å². The van der Waals surface area contributed by atoms with Crippen LogP contribution < -0.4 is 14.8 Å². The average Bonchev–Trinajstić information content (AvgIpc) is 3.11. The van der Waals surface area contributed by atoms with Gasteiger partial charge in [0.05, 0.1) is 32.0 Å². The monoisotopic (exact) mass is 446 g/mol. The van der Waals surface area contributed by atoms with Crippen LogP contribution in [0.2, 0.25) is 0 Å². The van der Waals surface area contributed by atoms with Crippen LogP contribution in [0, 0.1) is 6.92 Å². The van der Waals surface area contributed by atoms with E-state index in [0.717, 1.165) is 32.0 Å². The van der Waals surface area contributed by atoms with Crippen LogP contribution in [0.5, 0.6) is 11.5 Å². The molecule has 1 heterocycles. The molecule has 0 aliphatic heterocycles. The van der Waals surface area contributed by atoms with E-state index in [2.05, 4.69) is 26.2 Å². The second-order valence-electron chi connectivity index (χ2n) is 5.92. The SMILES string of the molecule is COc1ccc(-c2nc(CC(=O)Nc3ccc(C)cc3Br)cs2)cc1OC. The molecule has 0 saturated carbocycles. The second kappa shape index (κ2) is 8.54. The zero-order chi connectivity index (χ0) is 19.4. The van der Waals surface area contributed by atoms with Crippen molar-refractivity contribution in [3.8, 4) is 22.1 Å². The summed E-state index contributed by atoms with van der Waals surface area (Å²) in [6.07, 6.45) is 0.212. The Morgan fingerprint density at radius 2 is 1.93 bits per heavy atom. The molecule has 2 aromatic carbocycles. The minimum atomic E-state index is -0.108. The van der Waals surface area contributed by atoms with Crippen LogP contribution >= 0.6 is 27.3 Å². The molecule has 1 aromatic heterocycles. The standard InChI is InChI=1S/C20H19BrN2O3S/c1-12-4-6-16(15(21)8-12)23-19(24)10-14-11-27-20(22-14)13-5-7-17(25-2)18(9-13)26-3/h4-9,11H,10H2,1-3H3,(H,23,24). The molecule has 0 unspecified atom stereocenters. The number of thiazole rings is 1.